The van der Waals surface area contributed by atoms with E-state index in [0.717, 1.165) is 12.8 Å². The van der Waals surface area contributed by atoms with Crippen LogP contribution in [0.3, 0.4) is 0 Å². The van der Waals surface area contributed by atoms with E-state index in [1.54, 1.807) is 0 Å². The third-order valence-corrected chi connectivity index (χ3v) is 2.73. The maximum Gasteiger partial charge on any atom is 0.312 e. The summed E-state index contributed by atoms with van der Waals surface area (Å²) in [5, 5.41) is 0. The molecule has 0 amide bonds. The van der Waals surface area contributed by atoms with Crippen LogP contribution >= 0.6 is 0 Å². The third kappa shape index (κ3) is 1.26. The molecule has 1 fully saturated rings. The van der Waals surface area contributed by atoms with Gasteiger partial charge in [0.15, 0.2) is 0 Å². The first-order valence-electron chi connectivity index (χ1n) is 4.51. The lowest BCUT2D eigenvalue weighted by Gasteiger charge is -2.11. The lowest BCUT2D eigenvalue weighted by atomic mass is 10.0. The summed E-state index contributed by atoms with van der Waals surface area (Å²) in [5.74, 6) is 0.305. The molecule has 0 aliphatic heterocycles. The molecule has 0 saturated heterocycles. The molecule has 2 atom stereocenters. The van der Waals surface area contributed by atoms with E-state index in [0.29, 0.717) is 12.5 Å². The molecule has 1 rings (SSSR count). The molecular weight excluding hydrogens is 152 g/mol. The average Bonchev–Trinajstić information content (AvgIpc) is 2.80. The van der Waals surface area contributed by atoms with Gasteiger partial charge >= 0.3 is 5.97 Å². The van der Waals surface area contributed by atoms with Gasteiger partial charge in [-0.25, -0.2) is 0 Å². The van der Waals surface area contributed by atoms with Crippen LogP contribution in [0.15, 0.2) is 12.7 Å². The van der Waals surface area contributed by atoms with Crippen molar-refractivity contribution in [1.29, 1.82) is 0 Å². The summed E-state index contributed by atoms with van der Waals surface area (Å²) in [6.07, 6.45) is 3.65. The van der Waals surface area contributed by atoms with Crippen LogP contribution in [0.5, 0.6) is 0 Å². The van der Waals surface area contributed by atoms with Crippen LogP contribution in [-0.2, 0) is 9.53 Å². The lowest BCUT2D eigenvalue weighted by Crippen LogP contribution is -2.20. The van der Waals surface area contributed by atoms with Crippen molar-refractivity contribution < 1.29 is 9.53 Å². The number of allylic oxidation sites excluding steroid dienone is 1. The normalized spacial score (nSPS) is 32.7. The van der Waals surface area contributed by atoms with Gasteiger partial charge in [0.25, 0.3) is 0 Å². The van der Waals surface area contributed by atoms with Crippen molar-refractivity contribution in [2.45, 2.75) is 26.7 Å². The van der Waals surface area contributed by atoms with Crippen LogP contribution < -0.4 is 0 Å². The van der Waals surface area contributed by atoms with Gasteiger partial charge in [0.05, 0.1) is 12.0 Å². The summed E-state index contributed by atoms with van der Waals surface area (Å²) >= 11 is 0. The smallest absolute Gasteiger partial charge is 0.312 e. The minimum atomic E-state index is -0.211. The molecule has 0 aromatic heterocycles. The Labute approximate surface area is 73.6 Å². The first-order chi connectivity index (χ1) is 5.71. The van der Waals surface area contributed by atoms with Crippen LogP contribution in [0.4, 0.5) is 0 Å². The number of rotatable bonds is 4. The van der Waals surface area contributed by atoms with Crippen molar-refractivity contribution in [3.8, 4) is 0 Å². The zero-order chi connectivity index (χ0) is 9.19. The first kappa shape index (κ1) is 9.30. The van der Waals surface area contributed by atoms with E-state index in [4.69, 9.17) is 4.74 Å². The molecule has 12 heavy (non-hydrogen) atoms. The van der Waals surface area contributed by atoms with Gasteiger partial charge in [-0.3, -0.25) is 4.79 Å². The van der Waals surface area contributed by atoms with Gasteiger partial charge in [0.2, 0.25) is 0 Å². The minimum Gasteiger partial charge on any atom is -0.466 e. The number of carbonyl (C=O) groups is 1. The van der Waals surface area contributed by atoms with Crippen molar-refractivity contribution >= 4 is 5.97 Å². The molecule has 2 heteroatoms. The van der Waals surface area contributed by atoms with Crippen LogP contribution in [0.2, 0.25) is 0 Å². The number of hydrogen-bond donors (Lipinski definition) is 0. The zero-order valence-electron chi connectivity index (χ0n) is 7.80. The molecule has 0 spiro atoms. The van der Waals surface area contributed by atoms with Crippen molar-refractivity contribution in [3.63, 3.8) is 0 Å². The fourth-order valence-corrected chi connectivity index (χ4v) is 1.70. The number of carbonyl (C=O) groups excluding carboxylic acids is 1. The summed E-state index contributed by atoms with van der Waals surface area (Å²) in [4.78, 5) is 11.5. The Hall–Kier alpha value is -0.790. The first-order valence-corrected chi connectivity index (χ1v) is 4.51. The molecular formula is C10H16O2. The predicted molar refractivity (Wildman–Crippen MR) is 47.7 cm³/mol. The van der Waals surface area contributed by atoms with Gasteiger partial charge in [-0.05, 0) is 25.7 Å². The molecule has 1 aliphatic rings. The second-order valence-corrected chi connectivity index (χ2v) is 3.28. The number of hydrogen-bond acceptors (Lipinski definition) is 2. The van der Waals surface area contributed by atoms with Crippen LogP contribution in [0.1, 0.15) is 26.7 Å². The Balaban J connectivity index is 2.58. The molecule has 1 aliphatic carbocycles. The van der Waals surface area contributed by atoms with Gasteiger partial charge in [-0.15, -0.1) is 6.58 Å². The monoisotopic (exact) mass is 168 g/mol. The second-order valence-electron chi connectivity index (χ2n) is 3.28. The maximum absolute atomic E-state index is 11.5. The van der Waals surface area contributed by atoms with Crippen LogP contribution in [0, 0.1) is 11.3 Å². The van der Waals surface area contributed by atoms with Crippen molar-refractivity contribution in [1.82, 2.24) is 0 Å². The second kappa shape index (κ2) is 3.30. The highest BCUT2D eigenvalue weighted by molar-refractivity contribution is 5.81. The molecule has 0 unspecified atom stereocenters. The van der Waals surface area contributed by atoms with Gasteiger partial charge in [0, 0.05) is 0 Å². The van der Waals surface area contributed by atoms with E-state index in [9.17, 15) is 4.79 Å². The van der Waals surface area contributed by atoms with E-state index >= 15 is 0 Å². The maximum atomic E-state index is 11.5. The summed E-state index contributed by atoms with van der Waals surface area (Å²) in [6.45, 7) is 8.05. The Morgan fingerprint density at radius 1 is 1.75 bits per heavy atom. The molecule has 0 N–H and O–H groups in total. The van der Waals surface area contributed by atoms with Crippen molar-refractivity contribution in [2.24, 2.45) is 11.3 Å². The number of esters is 1. The van der Waals surface area contributed by atoms with E-state index in [-0.39, 0.29) is 11.4 Å². The Bertz CT molecular complexity index is 198. The topological polar surface area (TPSA) is 26.3 Å². The highest BCUT2D eigenvalue weighted by atomic mass is 16.5. The van der Waals surface area contributed by atoms with Crippen LogP contribution in [-0.4, -0.2) is 12.6 Å². The quantitative estimate of drug-likeness (QED) is 0.475. The lowest BCUT2D eigenvalue weighted by molar-refractivity contribution is -0.150. The molecule has 1 saturated carbocycles. The van der Waals surface area contributed by atoms with E-state index in [1.165, 1.54) is 0 Å². The Kier molecular flexibility index (Phi) is 2.55. The van der Waals surface area contributed by atoms with Gasteiger partial charge < -0.3 is 4.74 Å². The van der Waals surface area contributed by atoms with Crippen LogP contribution in [0.25, 0.3) is 0 Å². The van der Waals surface area contributed by atoms with E-state index < -0.39 is 0 Å². The van der Waals surface area contributed by atoms with Gasteiger partial charge in [0.1, 0.15) is 0 Å². The molecule has 0 radical (unpaired) electrons. The highest BCUT2D eigenvalue weighted by Gasteiger charge is 2.57. The van der Waals surface area contributed by atoms with E-state index in [2.05, 4.69) is 6.58 Å². The Morgan fingerprint density at radius 3 is 2.75 bits per heavy atom. The average molecular weight is 168 g/mol. The third-order valence-electron chi connectivity index (χ3n) is 2.73. The molecule has 68 valence electrons. The largest absolute Gasteiger partial charge is 0.466 e. The van der Waals surface area contributed by atoms with E-state index in [1.807, 2.05) is 19.9 Å². The minimum absolute atomic E-state index is 0.0441. The molecule has 0 bridgehead atoms. The molecule has 0 heterocycles. The zero-order valence-corrected chi connectivity index (χ0v) is 7.80. The molecule has 0 aromatic rings. The highest BCUT2D eigenvalue weighted by Crippen LogP contribution is 2.56. The SMILES string of the molecule is C=C[C@@H]1C[C@]1(CC)C(=O)OCC. The van der Waals surface area contributed by atoms with Crippen molar-refractivity contribution in [2.75, 3.05) is 6.61 Å². The molecule has 2 nitrogen and oxygen atoms in total. The fourth-order valence-electron chi connectivity index (χ4n) is 1.70. The van der Waals surface area contributed by atoms with Gasteiger partial charge in [-0.2, -0.15) is 0 Å². The van der Waals surface area contributed by atoms with Gasteiger partial charge in [-0.1, -0.05) is 13.0 Å². The summed E-state index contributed by atoms with van der Waals surface area (Å²) in [6, 6.07) is 0. The summed E-state index contributed by atoms with van der Waals surface area (Å²) in [7, 11) is 0. The standard InChI is InChI=1S/C10H16O2/c1-4-8-7-10(8,5-2)9(11)12-6-3/h4,8H,1,5-7H2,2-3H3/t8-,10+/m1/s1. The Morgan fingerprint density at radius 2 is 2.42 bits per heavy atom. The number of ether oxygens (including phenoxy) is 1. The van der Waals surface area contributed by atoms with Crippen molar-refractivity contribution in [3.05, 3.63) is 12.7 Å². The predicted octanol–water partition coefficient (Wildman–Crippen LogP) is 2.15. The summed E-state index contributed by atoms with van der Waals surface area (Å²) < 4.78 is 5.01. The molecule has 0 aromatic carbocycles. The fraction of sp³-hybridized carbons (Fsp3) is 0.700. The summed E-state index contributed by atoms with van der Waals surface area (Å²) in [5.41, 5.74) is -0.211.